The van der Waals surface area contributed by atoms with Crippen LogP contribution < -0.4 is 11.5 Å². The van der Waals surface area contributed by atoms with Gasteiger partial charge in [-0.3, -0.25) is 4.79 Å². The minimum atomic E-state index is -3.56. The molecule has 0 radical (unpaired) electrons. The van der Waals surface area contributed by atoms with E-state index < -0.39 is 15.7 Å². The lowest BCUT2D eigenvalue weighted by atomic mass is 10.0. The first-order chi connectivity index (χ1) is 9.20. The van der Waals surface area contributed by atoms with E-state index in [1.807, 2.05) is 6.92 Å². The van der Waals surface area contributed by atoms with Gasteiger partial charge in [0.2, 0.25) is 0 Å². The Bertz CT molecular complexity index is 724. The molecule has 0 aromatic heterocycles. The average molecular weight is 293 g/mol. The fourth-order valence-corrected chi connectivity index (χ4v) is 2.56. The van der Waals surface area contributed by atoms with Crippen LogP contribution in [0.3, 0.4) is 0 Å². The Labute approximate surface area is 117 Å². The standard InChI is InChI=1S/C13H15N3O3S/c1-4-8-6-9(5-2)11(20(3,18)19)7-10(8)12(17)16-13(14)15/h2,6-7H,4H2,1,3H3,(H4,14,15,16,17). The van der Waals surface area contributed by atoms with E-state index in [1.165, 1.54) is 12.1 Å². The number of nitrogens with zero attached hydrogens (tertiary/aromatic N) is 1. The molecule has 7 heteroatoms. The second-order valence-corrected chi connectivity index (χ2v) is 6.10. The zero-order valence-corrected chi connectivity index (χ0v) is 12.0. The molecule has 1 aromatic carbocycles. The molecule has 4 N–H and O–H groups in total. The normalized spacial score (nSPS) is 10.7. The molecule has 106 valence electrons. The highest BCUT2D eigenvalue weighted by molar-refractivity contribution is 7.90. The Hall–Kier alpha value is -2.33. The maximum atomic E-state index is 11.9. The largest absolute Gasteiger partial charge is 0.370 e. The summed E-state index contributed by atoms with van der Waals surface area (Å²) < 4.78 is 23.4. The lowest BCUT2D eigenvalue weighted by molar-refractivity contribution is 0.100. The van der Waals surface area contributed by atoms with Crippen LogP contribution in [0.25, 0.3) is 0 Å². The molecule has 0 aliphatic carbocycles. The van der Waals surface area contributed by atoms with Gasteiger partial charge in [0.1, 0.15) is 0 Å². The topological polar surface area (TPSA) is 116 Å². The number of guanidine groups is 1. The third-order valence-corrected chi connectivity index (χ3v) is 3.74. The van der Waals surface area contributed by atoms with Gasteiger partial charge < -0.3 is 11.5 Å². The third kappa shape index (κ3) is 3.36. The lowest BCUT2D eigenvalue weighted by Gasteiger charge is -2.10. The zero-order valence-electron chi connectivity index (χ0n) is 11.2. The van der Waals surface area contributed by atoms with Crippen LogP contribution in [0.15, 0.2) is 22.0 Å². The van der Waals surface area contributed by atoms with E-state index in [0.717, 1.165) is 6.26 Å². The van der Waals surface area contributed by atoms with Crippen LogP contribution in [-0.4, -0.2) is 26.5 Å². The predicted molar refractivity (Wildman–Crippen MR) is 77.0 cm³/mol. The van der Waals surface area contributed by atoms with Crippen LogP contribution in [0.4, 0.5) is 0 Å². The summed E-state index contributed by atoms with van der Waals surface area (Å²) in [6.45, 7) is 1.81. The fourth-order valence-electron chi connectivity index (χ4n) is 1.71. The molecule has 1 amide bonds. The maximum Gasteiger partial charge on any atom is 0.280 e. The van der Waals surface area contributed by atoms with Gasteiger partial charge >= 0.3 is 0 Å². The molecular formula is C13H15N3O3S. The number of benzene rings is 1. The Balaban J connectivity index is 3.66. The van der Waals surface area contributed by atoms with Crippen LogP contribution in [0.1, 0.15) is 28.4 Å². The molecule has 0 heterocycles. The van der Waals surface area contributed by atoms with Crippen molar-refractivity contribution in [3.8, 4) is 12.3 Å². The van der Waals surface area contributed by atoms with Gasteiger partial charge in [-0.1, -0.05) is 12.8 Å². The summed E-state index contributed by atoms with van der Waals surface area (Å²) in [6, 6.07) is 2.71. The number of amides is 1. The van der Waals surface area contributed by atoms with Gasteiger partial charge in [-0.05, 0) is 24.1 Å². The molecule has 1 rings (SSSR count). The molecule has 1 aromatic rings. The van der Waals surface area contributed by atoms with Crippen molar-refractivity contribution in [1.82, 2.24) is 0 Å². The quantitative estimate of drug-likeness (QED) is 0.464. The van der Waals surface area contributed by atoms with Crippen molar-refractivity contribution in [2.45, 2.75) is 18.2 Å². The summed E-state index contributed by atoms with van der Waals surface area (Å²) in [6.07, 6.45) is 6.81. The number of sulfone groups is 1. The van der Waals surface area contributed by atoms with E-state index in [4.69, 9.17) is 17.9 Å². The van der Waals surface area contributed by atoms with E-state index >= 15 is 0 Å². The molecule has 0 spiro atoms. The van der Waals surface area contributed by atoms with Gasteiger partial charge in [0.05, 0.1) is 4.90 Å². The SMILES string of the molecule is C#Cc1cc(CC)c(C(=O)N=C(N)N)cc1S(C)(=O)=O. The van der Waals surface area contributed by atoms with E-state index in [0.29, 0.717) is 12.0 Å². The number of aliphatic imine (C=N–C) groups is 1. The van der Waals surface area contributed by atoms with Crippen molar-refractivity contribution in [3.05, 3.63) is 28.8 Å². The molecule has 0 atom stereocenters. The third-order valence-electron chi connectivity index (χ3n) is 2.60. The van der Waals surface area contributed by atoms with Crippen molar-refractivity contribution < 1.29 is 13.2 Å². The molecule has 0 aliphatic heterocycles. The van der Waals surface area contributed by atoms with Crippen molar-refractivity contribution in [2.24, 2.45) is 16.5 Å². The Kier molecular flexibility index (Phi) is 4.53. The predicted octanol–water partition coefficient (Wildman–Crippen LogP) is 0.0474. The van der Waals surface area contributed by atoms with Gasteiger partial charge in [-0.15, -0.1) is 6.42 Å². The molecule has 0 bridgehead atoms. The Morgan fingerprint density at radius 3 is 2.40 bits per heavy atom. The summed E-state index contributed by atoms with van der Waals surface area (Å²) in [4.78, 5) is 15.3. The number of rotatable bonds is 3. The summed E-state index contributed by atoms with van der Waals surface area (Å²) in [7, 11) is -3.56. The molecular weight excluding hydrogens is 278 g/mol. The van der Waals surface area contributed by atoms with E-state index in [9.17, 15) is 13.2 Å². The molecule has 0 unspecified atom stereocenters. The molecule has 0 saturated heterocycles. The first kappa shape index (κ1) is 15.7. The van der Waals surface area contributed by atoms with Crippen LogP contribution in [0, 0.1) is 12.3 Å². The summed E-state index contributed by atoms with van der Waals surface area (Å²) >= 11 is 0. The van der Waals surface area contributed by atoms with Gasteiger partial charge in [-0.25, -0.2) is 8.42 Å². The average Bonchev–Trinajstić information content (AvgIpc) is 2.34. The number of aryl methyl sites for hydroxylation is 1. The summed E-state index contributed by atoms with van der Waals surface area (Å²) in [5, 5.41) is 0. The van der Waals surface area contributed by atoms with Crippen molar-refractivity contribution in [1.29, 1.82) is 0 Å². The van der Waals surface area contributed by atoms with E-state index in [1.54, 1.807) is 0 Å². The monoisotopic (exact) mass is 293 g/mol. The van der Waals surface area contributed by atoms with Gasteiger partial charge in [0.25, 0.3) is 5.91 Å². The highest BCUT2D eigenvalue weighted by atomic mass is 32.2. The summed E-state index contributed by atoms with van der Waals surface area (Å²) in [5.74, 6) is 1.22. The molecule has 0 aliphatic rings. The Morgan fingerprint density at radius 2 is 2.00 bits per heavy atom. The van der Waals surface area contributed by atoms with Gasteiger partial charge in [0.15, 0.2) is 15.8 Å². The number of hydrogen-bond acceptors (Lipinski definition) is 3. The zero-order chi connectivity index (χ0) is 15.5. The number of nitrogens with two attached hydrogens (primary N) is 2. The minimum absolute atomic E-state index is 0.0913. The smallest absolute Gasteiger partial charge is 0.280 e. The highest BCUT2D eigenvalue weighted by Crippen LogP contribution is 2.22. The van der Waals surface area contributed by atoms with E-state index in [-0.39, 0.29) is 22.0 Å². The molecule has 6 nitrogen and oxygen atoms in total. The van der Waals surface area contributed by atoms with E-state index in [2.05, 4.69) is 10.9 Å². The fraction of sp³-hybridized carbons (Fsp3) is 0.231. The molecule has 0 saturated carbocycles. The lowest BCUT2D eigenvalue weighted by Crippen LogP contribution is -2.24. The second-order valence-electron chi connectivity index (χ2n) is 4.12. The molecule has 0 fully saturated rings. The van der Waals surface area contributed by atoms with Crippen molar-refractivity contribution >= 4 is 21.7 Å². The van der Waals surface area contributed by atoms with Gasteiger partial charge in [0, 0.05) is 17.4 Å². The first-order valence-electron chi connectivity index (χ1n) is 5.68. The van der Waals surface area contributed by atoms with Crippen LogP contribution in [0.2, 0.25) is 0 Å². The minimum Gasteiger partial charge on any atom is -0.370 e. The highest BCUT2D eigenvalue weighted by Gasteiger charge is 2.19. The van der Waals surface area contributed by atoms with Gasteiger partial charge in [-0.2, -0.15) is 4.99 Å². The molecule has 20 heavy (non-hydrogen) atoms. The van der Waals surface area contributed by atoms with Crippen LogP contribution in [-0.2, 0) is 16.3 Å². The van der Waals surface area contributed by atoms with Crippen molar-refractivity contribution in [2.75, 3.05) is 6.26 Å². The first-order valence-corrected chi connectivity index (χ1v) is 7.57. The summed E-state index contributed by atoms with van der Waals surface area (Å²) in [5.41, 5.74) is 11.2. The van der Waals surface area contributed by atoms with Crippen LogP contribution in [0.5, 0.6) is 0 Å². The number of carbonyl (C=O) groups excluding carboxylic acids is 1. The van der Waals surface area contributed by atoms with Crippen LogP contribution >= 0.6 is 0 Å². The van der Waals surface area contributed by atoms with Crippen molar-refractivity contribution in [3.63, 3.8) is 0 Å². The number of terminal acetylenes is 1. The Morgan fingerprint density at radius 1 is 1.40 bits per heavy atom. The maximum absolute atomic E-state index is 11.9. The second kappa shape index (κ2) is 5.75. The number of hydrogen-bond donors (Lipinski definition) is 2. The number of carbonyl (C=O) groups is 1.